The number of anilines is 1. The second-order valence-corrected chi connectivity index (χ2v) is 7.89. The number of nitrogens with zero attached hydrogens (tertiary/aromatic N) is 1. The quantitative estimate of drug-likeness (QED) is 0.655. The highest BCUT2D eigenvalue weighted by atomic mass is 32.2. The fourth-order valence-corrected chi connectivity index (χ4v) is 3.73. The summed E-state index contributed by atoms with van der Waals surface area (Å²) in [5.74, 6) is 6.17. The third kappa shape index (κ3) is 3.79. The zero-order valence-corrected chi connectivity index (χ0v) is 15.5. The molecule has 3 rings (SSSR count). The number of benzene rings is 3. The predicted octanol–water partition coefficient (Wildman–Crippen LogP) is 4.22. The fourth-order valence-electron chi connectivity index (χ4n) is 2.51. The van der Waals surface area contributed by atoms with Gasteiger partial charge in [0.15, 0.2) is 0 Å². The van der Waals surface area contributed by atoms with Gasteiger partial charge in [-0.05, 0) is 43.3 Å². The fraction of sp³-hybridized carbons (Fsp3) is 0.0909. The summed E-state index contributed by atoms with van der Waals surface area (Å²) in [7, 11) is -2.09. The molecular weight excluding hydrogens is 342 g/mol. The van der Waals surface area contributed by atoms with Crippen LogP contribution in [-0.4, -0.2) is 15.5 Å². The summed E-state index contributed by atoms with van der Waals surface area (Å²) in [6.45, 7) is 1.93. The van der Waals surface area contributed by atoms with Crippen LogP contribution in [0.5, 0.6) is 0 Å². The van der Waals surface area contributed by atoms with Crippen LogP contribution in [-0.2, 0) is 10.0 Å². The Balaban J connectivity index is 1.99. The minimum absolute atomic E-state index is 0.261. The molecule has 130 valence electrons. The molecule has 3 aromatic carbocycles. The van der Waals surface area contributed by atoms with E-state index >= 15 is 0 Å². The van der Waals surface area contributed by atoms with Gasteiger partial charge < -0.3 is 0 Å². The number of hydrogen-bond donors (Lipinski definition) is 0. The van der Waals surface area contributed by atoms with Gasteiger partial charge in [0.05, 0.1) is 10.6 Å². The molecule has 0 fully saturated rings. The maximum absolute atomic E-state index is 12.9. The van der Waals surface area contributed by atoms with Crippen LogP contribution < -0.4 is 4.31 Å². The Labute approximate surface area is 155 Å². The molecule has 0 heterocycles. The summed E-state index contributed by atoms with van der Waals surface area (Å²) in [5, 5.41) is 0. The van der Waals surface area contributed by atoms with Gasteiger partial charge in [-0.15, -0.1) is 0 Å². The van der Waals surface area contributed by atoms with Crippen molar-refractivity contribution in [3.63, 3.8) is 0 Å². The minimum Gasteiger partial charge on any atom is -0.268 e. The lowest BCUT2D eigenvalue weighted by Gasteiger charge is -2.21. The van der Waals surface area contributed by atoms with Crippen LogP contribution in [0.15, 0.2) is 83.8 Å². The summed E-state index contributed by atoms with van der Waals surface area (Å²) in [6.07, 6.45) is 0. The Morgan fingerprint density at radius 3 is 2.08 bits per heavy atom. The first-order valence-electron chi connectivity index (χ1n) is 8.20. The highest BCUT2D eigenvalue weighted by Gasteiger charge is 2.22. The summed E-state index contributed by atoms with van der Waals surface area (Å²) >= 11 is 0. The predicted molar refractivity (Wildman–Crippen MR) is 106 cm³/mol. The molecule has 3 aromatic rings. The third-order valence-corrected chi connectivity index (χ3v) is 5.82. The molecule has 0 bridgehead atoms. The van der Waals surface area contributed by atoms with E-state index in [1.807, 2.05) is 55.5 Å². The Hall–Kier alpha value is -3.03. The first-order chi connectivity index (χ1) is 12.5. The van der Waals surface area contributed by atoms with E-state index in [1.54, 1.807) is 37.4 Å². The molecule has 0 aromatic heterocycles. The molecule has 0 N–H and O–H groups in total. The van der Waals surface area contributed by atoms with Crippen LogP contribution in [0.1, 0.15) is 16.7 Å². The van der Waals surface area contributed by atoms with Crippen LogP contribution in [0.3, 0.4) is 0 Å². The molecule has 0 aliphatic carbocycles. The standard InChI is InChI=1S/C22H19NO2S/c1-18-12-16-21(17-13-18)26(24,25)23(2)22-11-7-6-10-20(22)15-14-19-8-4-3-5-9-19/h3-13,16-17H,1-2H3. The second kappa shape index (κ2) is 7.47. The highest BCUT2D eigenvalue weighted by Crippen LogP contribution is 2.25. The van der Waals surface area contributed by atoms with Crippen LogP contribution >= 0.6 is 0 Å². The zero-order chi connectivity index (χ0) is 18.6. The van der Waals surface area contributed by atoms with Crippen molar-refractivity contribution >= 4 is 15.7 Å². The highest BCUT2D eigenvalue weighted by molar-refractivity contribution is 7.92. The van der Waals surface area contributed by atoms with E-state index in [-0.39, 0.29) is 4.90 Å². The Morgan fingerprint density at radius 1 is 0.769 bits per heavy atom. The van der Waals surface area contributed by atoms with Crippen LogP contribution in [0.2, 0.25) is 0 Å². The van der Waals surface area contributed by atoms with E-state index in [9.17, 15) is 8.42 Å². The van der Waals surface area contributed by atoms with E-state index in [2.05, 4.69) is 11.8 Å². The molecular formula is C22H19NO2S. The molecule has 0 aliphatic heterocycles. The van der Waals surface area contributed by atoms with Crippen LogP contribution in [0.4, 0.5) is 5.69 Å². The van der Waals surface area contributed by atoms with Crippen molar-refractivity contribution in [2.24, 2.45) is 0 Å². The molecule has 0 spiro atoms. The molecule has 26 heavy (non-hydrogen) atoms. The molecule has 0 atom stereocenters. The molecule has 0 saturated carbocycles. The van der Waals surface area contributed by atoms with Crippen LogP contribution in [0, 0.1) is 18.8 Å². The van der Waals surface area contributed by atoms with Gasteiger partial charge in [0.2, 0.25) is 0 Å². The maximum Gasteiger partial charge on any atom is 0.264 e. The lowest BCUT2D eigenvalue weighted by molar-refractivity contribution is 0.594. The molecule has 0 radical (unpaired) electrons. The van der Waals surface area contributed by atoms with Crippen molar-refractivity contribution in [1.82, 2.24) is 0 Å². The first kappa shape index (κ1) is 17.8. The topological polar surface area (TPSA) is 37.4 Å². The summed E-state index contributed by atoms with van der Waals surface area (Å²) < 4.78 is 27.2. The number of para-hydroxylation sites is 1. The van der Waals surface area contributed by atoms with Crippen molar-refractivity contribution in [3.05, 3.63) is 95.6 Å². The van der Waals surface area contributed by atoms with Gasteiger partial charge >= 0.3 is 0 Å². The molecule has 3 nitrogen and oxygen atoms in total. The largest absolute Gasteiger partial charge is 0.268 e. The van der Waals surface area contributed by atoms with E-state index in [0.717, 1.165) is 11.1 Å². The first-order valence-corrected chi connectivity index (χ1v) is 9.64. The maximum atomic E-state index is 12.9. The SMILES string of the molecule is Cc1ccc(S(=O)(=O)N(C)c2ccccc2C#Cc2ccccc2)cc1. The average molecular weight is 361 g/mol. The third-order valence-electron chi connectivity index (χ3n) is 4.04. The van der Waals surface area contributed by atoms with Crippen molar-refractivity contribution in [1.29, 1.82) is 0 Å². The summed E-state index contributed by atoms with van der Waals surface area (Å²) in [6, 6.07) is 23.7. The second-order valence-electron chi connectivity index (χ2n) is 5.92. The lowest BCUT2D eigenvalue weighted by atomic mass is 10.1. The molecule has 0 unspecified atom stereocenters. The summed E-state index contributed by atoms with van der Waals surface area (Å²) in [4.78, 5) is 0.261. The Kier molecular flexibility index (Phi) is 5.11. The average Bonchev–Trinajstić information content (AvgIpc) is 2.67. The van der Waals surface area contributed by atoms with E-state index in [4.69, 9.17) is 0 Å². The van der Waals surface area contributed by atoms with E-state index in [0.29, 0.717) is 11.3 Å². The van der Waals surface area contributed by atoms with Crippen molar-refractivity contribution in [3.8, 4) is 11.8 Å². The van der Waals surface area contributed by atoms with E-state index < -0.39 is 10.0 Å². The van der Waals surface area contributed by atoms with Gasteiger partial charge in [0.1, 0.15) is 0 Å². The van der Waals surface area contributed by atoms with E-state index in [1.165, 1.54) is 4.31 Å². The number of sulfonamides is 1. The van der Waals surface area contributed by atoms with Crippen LogP contribution in [0.25, 0.3) is 0 Å². The smallest absolute Gasteiger partial charge is 0.264 e. The van der Waals surface area contributed by atoms with Gasteiger partial charge in [0.25, 0.3) is 10.0 Å². The number of rotatable bonds is 3. The normalized spacial score (nSPS) is 10.7. The van der Waals surface area contributed by atoms with Gasteiger partial charge in [-0.25, -0.2) is 8.42 Å². The van der Waals surface area contributed by atoms with Gasteiger partial charge in [-0.1, -0.05) is 59.9 Å². The Morgan fingerprint density at radius 2 is 1.38 bits per heavy atom. The summed E-state index contributed by atoms with van der Waals surface area (Å²) in [5.41, 5.74) is 3.11. The zero-order valence-electron chi connectivity index (χ0n) is 14.7. The molecule has 0 saturated heterocycles. The van der Waals surface area contributed by atoms with Crippen molar-refractivity contribution in [2.75, 3.05) is 11.4 Å². The monoisotopic (exact) mass is 361 g/mol. The van der Waals surface area contributed by atoms with Crippen molar-refractivity contribution in [2.45, 2.75) is 11.8 Å². The molecule has 0 amide bonds. The number of hydrogen-bond acceptors (Lipinski definition) is 2. The molecule has 4 heteroatoms. The molecule has 0 aliphatic rings. The minimum atomic E-state index is -3.65. The Bertz CT molecular complexity index is 1060. The van der Waals surface area contributed by atoms with Gasteiger partial charge in [-0.3, -0.25) is 4.31 Å². The van der Waals surface area contributed by atoms with Gasteiger partial charge in [-0.2, -0.15) is 0 Å². The lowest BCUT2D eigenvalue weighted by Crippen LogP contribution is -2.27. The number of aryl methyl sites for hydroxylation is 1. The van der Waals surface area contributed by atoms with Gasteiger partial charge in [0, 0.05) is 18.2 Å². The van der Waals surface area contributed by atoms with Crippen molar-refractivity contribution < 1.29 is 8.42 Å².